The molecule has 0 atom stereocenters. The molecule has 38 heavy (non-hydrogen) atoms. The normalized spacial score (nSPS) is 12.8. The Morgan fingerprint density at radius 1 is 1.05 bits per heavy atom. The van der Waals surface area contributed by atoms with Crippen molar-refractivity contribution in [1.29, 1.82) is 0 Å². The van der Waals surface area contributed by atoms with Crippen LogP contribution in [0.1, 0.15) is 47.1 Å². The fraction of sp³-hybridized carbons (Fsp3) is 0.269. The Bertz CT molecular complexity index is 1340. The van der Waals surface area contributed by atoms with Crippen LogP contribution in [0.4, 0.5) is 18.9 Å². The van der Waals surface area contributed by atoms with Crippen LogP contribution in [0, 0.1) is 11.2 Å². The van der Waals surface area contributed by atoms with Crippen LogP contribution in [0.2, 0.25) is 5.02 Å². The zero-order valence-electron chi connectivity index (χ0n) is 20.6. The standard InChI is InChI=1S/C26H24BrClF3N3O4/c1-26(2,3)25(37)32-11-13-4-7-17(28)21(22(13)31)24(36)33-14-5-9-19(38-12-20(29)30)15(10-14)23(35)34-18-8-6-16(18)27/h4-10,20H,11-12H2,1-3H3,(H,32,37)(H,33,36)(H,34,35). The van der Waals surface area contributed by atoms with Gasteiger partial charge in [0.1, 0.15) is 18.2 Å². The van der Waals surface area contributed by atoms with E-state index in [1.165, 1.54) is 30.3 Å². The molecule has 3 amide bonds. The first-order chi connectivity index (χ1) is 17.8. The molecule has 3 N–H and O–H groups in total. The lowest BCUT2D eigenvalue weighted by molar-refractivity contribution is -0.128. The minimum absolute atomic E-state index is 0.0420. The molecule has 7 nitrogen and oxygen atoms in total. The second kappa shape index (κ2) is 12.0. The average molecular weight is 615 g/mol. The second-order valence-corrected chi connectivity index (χ2v) is 10.5. The van der Waals surface area contributed by atoms with Crippen molar-refractivity contribution in [3.63, 3.8) is 0 Å². The molecular formula is C26H24BrClF3N3O4. The van der Waals surface area contributed by atoms with Crippen LogP contribution >= 0.6 is 27.5 Å². The molecule has 0 aromatic heterocycles. The summed E-state index contributed by atoms with van der Waals surface area (Å²) in [5.74, 6) is -2.97. The number of rotatable bonds is 9. The number of nitrogens with one attached hydrogen (secondary N) is 3. The largest absolute Gasteiger partial charge is 0.487 e. The van der Waals surface area contributed by atoms with Crippen molar-refractivity contribution in [2.24, 2.45) is 5.41 Å². The van der Waals surface area contributed by atoms with Crippen LogP contribution in [-0.4, -0.2) is 30.8 Å². The average Bonchev–Trinajstić information content (AvgIpc) is 2.84. The molecule has 0 heterocycles. The maximum atomic E-state index is 15.2. The summed E-state index contributed by atoms with van der Waals surface area (Å²) >= 11 is 9.35. The van der Waals surface area contributed by atoms with E-state index in [2.05, 4.69) is 31.9 Å². The van der Waals surface area contributed by atoms with Crippen molar-refractivity contribution in [3.05, 3.63) is 80.2 Å². The molecular weight excluding hydrogens is 591 g/mol. The van der Waals surface area contributed by atoms with Gasteiger partial charge in [0, 0.05) is 27.7 Å². The Balaban J connectivity index is 1.84. The highest BCUT2D eigenvalue weighted by Crippen LogP contribution is 2.29. The lowest BCUT2D eigenvalue weighted by Gasteiger charge is -2.18. The van der Waals surface area contributed by atoms with Crippen molar-refractivity contribution in [2.45, 2.75) is 33.7 Å². The van der Waals surface area contributed by atoms with E-state index < -0.39 is 41.6 Å². The van der Waals surface area contributed by atoms with Gasteiger partial charge in [-0.2, -0.15) is 0 Å². The Kier molecular flexibility index (Phi) is 9.26. The maximum absolute atomic E-state index is 15.2. The van der Waals surface area contributed by atoms with E-state index in [1.807, 2.05) is 0 Å². The molecule has 1 aliphatic carbocycles. The third-order valence-electron chi connectivity index (χ3n) is 5.27. The number of hydrogen-bond donors (Lipinski definition) is 3. The first-order valence-electron chi connectivity index (χ1n) is 11.3. The van der Waals surface area contributed by atoms with Gasteiger partial charge in [0.05, 0.1) is 21.8 Å². The molecule has 202 valence electrons. The Morgan fingerprint density at radius 3 is 2.34 bits per heavy atom. The smallest absolute Gasteiger partial charge is 0.272 e. The molecule has 0 unspecified atom stereocenters. The molecule has 0 saturated carbocycles. The fourth-order valence-electron chi connectivity index (χ4n) is 3.16. The highest BCUT2D eigenvalue weighted by Gasteiger charge is 2.24. The van der Waals surface area contributed by atoms with Crippen LogP contribution in [0.3, 0.4) is 0 Å². The summed E-state index contributed by atoms with van der Waals surface area (Å²) in [7, 11) is 0. The summed E-state index contributed by atoms with van der Waals surface area (Å²) < 4.78 is 46.3. The van der Waals surface area contributed by atoms with Gasteiger partial charge in [-0.05, 0) is 52.3 Å². The third kappa shape index (κ3) is 7.16. The third-order valence-corrected chi connectivity index (χ3v) is 6.27. The molecule has 3 rings (SSSR count). The van der Waals surface area contributed by atoms with Gasteiger partial charge in [0.2, 0.25) is 5.91 Å². The molecule has 0 spiro atoms. The van der Waals surface area contributed by atoms with Gasteiger partial charge < -0.3 is 20.7 Å². The lowest BCUT2D eigenvalue weighted by atomic mass is 9.95. The predicted octanol–water partition coefficient (Wildman–Crippen LogP) is 5.94. The summed E-state index contributed by atoms with van der Waals surface area (Å²) in [6.45, 7) is 4.00. The van der Waals surface area contributed by atoms with Gasteiger partial charge >= 0.3 is 0 Å². The Labute approximate surface area is 230 Å². The molecule has 2 aromatic rings. The molecule has 0 bridgehead atoms. The summed E-state index contributed by atoms with van der Waals surface area (Å²) in [6.07, 6.45) is 0.540. The first kappa shape index (κ1) is 29.2. The van der Waals surface area contributed by atoms with Gasteiger partial charge in [-0.1, -0.05) is 38.4 Å². The van der Waals surface area contributed by atoms with Crippen molar-refractivity contribution in [2.75, 3.05) is 11.9 Å². The number of hydrogen-bond acceptors (Lipinski definition) is 4. The van der Waals surface area contributed by atoms with E-state index >= 15 is 4.39 Å². The van der Waals surface area contributed by atoms with Gasteiger partial charge in [0.15, 0.2) is 0 Å². The summed E-state index contributed by atoms with van der Waals surface area (Å²) in [6, 6.07) is 6.45. The summed E-state index contributed by atoms with van der Waals surface area (Å²) in [5.41, 5.74) is -0.731. The van der Waals surface area contributed by atoms with Gasteiger partial charge in [-0.15, -0.1) is 0 Å². The minimum atomic E-state index is -2.78. The highest BCUT2D eigenvalue weighted by molar-refractivity contribution is 9.12. The summed E-state index contributed by atoms with van der Waals surface area (Å²) in [4.78, 5) is 38.0. The number of carbonyl (C=O) groups is 3. The zero-order chi connectivity index (χ0) is 28.2. The molecule has 0 radical (unpaired) electrons. The molecule has 0 fully saturated rings. The minimum Gasteiger partial charge on any atom is -0.487 e. The number of amides is 3. The predicted molar refractivity (Wildman–Crippen MR) is 141 cm³/mol. The van der Waals surface area contributed by atoms with Gasteiger partial charge in [0.25, 0.3) is 18.2 Å². The van der Waals surface area contributed by atoms with Crippen LogP contribution in [0.5, 0.6) is 5.75 Å². The topological polar surface area (TPSA) is 96.5 Å². The van der Waals surface area contributed by atoms with E-state index in [0.717, 1.165) is 0 Å². The SMILES string of the molecule is CC(C)(C)C(=O)NCc1ccc(Cl)c(C(=O)Nc2ccc(OCC(F)F)c(C(=O)NC3=CC=C3Br)c2)c1F. The molecule has 0 aliphatic heterocycles. The number of benzene rings is 2. The van der Waals surface area contributed by atoms with E-state index in [0.29, 0.717) is 10.2 Å². The molecule has 0 saturated heterocycles. The highest BCUT2D eigenvalue weighted by atomic mass is 79.9. The van der Waals surface area contributed by atoms with E-state index in [9.17, 15) is 23.2 Å². The number of halogens is 5. The quantitative estimate of drug-likeness (QED) is 0.326. The number of alkyl halides is 2. The number of allylic oxidation sites excluding steroid dienone is 3. The van der Waals surface area contributed by atoms with Crippen molar-refractivity contribution in [1.82, 2.24) is 10.6 Å². The number of ether oxygens (including phenoxy) is 1. The second-order valence-electron chi connectivity index (χ2n) is 9.24. The first-order valence-corrected chi connectivity index (χ1v) is 12.5. The van der Waals surface area contributed by atoms with Crippen molar-refractivity contribution < 1.29 is 32.3 Å². The van der Waals surface area contributed by atoms with Crippen LogP contribution in [0.25, 0.3) is 0 Å². The lowest BCUT2D eigenvalue weighted by Crippen LogP contribution is -2.34. The Hall–Kier alpha value is -3.31. The molecule has 2 aromatic carbocycles. The summed E-state index contributed by atoms with van der Waals surface area (Å²) in [5, 5.41) is 7.50. The molecule has 12 heteroatoms. The fourth-order valence-corrected chi connectivity index (χ4v) is 3.75. The zero-order valence-corrected chi connectivity index (χ0v) is 22.9. The number of anilines is 1. The van der Waals surface area contributed by atoms with E-state index in [1.54, 1.807) is 32.9 Å². The van der Waals surface area contributed by atoms with Crippen LogP contribution < -0.4 is 20.7 Å². The van der Waals surface area contributed by atoms with Gasteiger partial charge in [-0.3, -0.25) is 14.4 Å². The molecule has 1 aliphatic rings. The Morgan fingerprint density at radius 2 is 1.76 bits per heavy atom. The van der Waals surface area contributed by atoms with Crippen LogP contribution in [-0.2, 0) is 11.3 Å². The van der Waals surface area contributed by atoms with Crippen LogP contribution in [0.15, 0.2) is 52.7 Å². The maximum Gasteiger partial charge on any atom is 0.272 e. The van der Waals surface area contributed by atoms with Crippen molar-refractivity contribution >= 4 is 50.9 Å². The van der Waals surface area contributed by atoms with Crippen molar-refractivity contribution in [3.8, 4) is 5.75 Å². The monoisotopic (exact) mass is 613 g/mol. The number of carbonyl (C=O) groups excluding carboxylic acids is 3. The van der Waals surface area contributed by atoms with Gasteiger partial charge in [-0.25, -0.2) is 13.2 Å². The van der Waals surface area contributed by atoms with E-state index in [4.69, 9.17) is 16.3 Å². The van der Waals surface area contributed by atoms with E-state index in [-0.39, 0.29) is 40.0 Å².